The number of hydrogen-bond donors (Lipinski definition) is 0. The first-order chi connectivity index (χ1) is 9.37. The van der Waals surface area contributed by atoms with Gasteiger partial charge < -0.3 is 14.4 Å². The van der Waals surface area contributed by atoms with Gasteiger partial charge in [-0.3, -0.25) is 0 Å². The van der Waals surface area contributed by atoms with E-state index in [0.29, 0.717) is 18.2 Å². The molecule has 0 radical (unpaired) electrons. The first kappa shape index (κ1) is 14.8. The number of carbonyl (C=O) groups is 1. The van der Waals surface area contributed by atoms with Gasteiger partial charge in [0.05, 0.1) is 12.2 Å². The number of hydrogen-bond acceptors (Lipinski definition) is 5. The van der Waals surface area contributed by atoms with Gasteiger partial charge in [-0.1, -0.05) is 11.6 Å². The molecule has 7 heteroatoms. The van der Waals surface area contributed by atoms with Crippen LogP contribution < -0.4 is 4.74 Å². The van der Waals surface area contributed by atoms with E-state index in [-0.39, 0.29) is 18.0 Å². The minimum Gasteiger partial charge on any atom is -0.473 e. The average molecular weight is 300 g/mol. The topological polar surface area (TPSA) is 64.5 Å². The second-order valence-electron chi connectivity index (χ2n) is 5.61. The molecule has 1 atom stereocenters. The molecule has 20 heavy (non-hydrogen) atoms. The summed E-state index contributed by atoms with van der Waals surface area (Å²) in [6.45, 7) is 6.54. The van der Waals surface area contributed by atoms with Crippen molar-refractivity contribution in [3.63, 3.8) is 0 Å². The molecule has 6 nitrogen and oxygen atoms in total. The van der Waals surface area contributed by atoms with E-state index in [1.54, 1.807) is 11.0 Å². The third-order valence-corrected chi connectivity index (χ3v) is 3.11. The number of rotatable bonds is 3. The predicted octanol–water partition coefficient (Wildman–Crippen LogP) is 2.52. The van der Waals surface area contributed by atoms with E-state index in [0.717, 1.165) is 6.42 Å². The van der Waals surface area contributed by atoms with Crippen LogP contribution in [0.4, 0.5) is 4.79 Å². The molecule has 1 fully saturated rings. The van der Waals surface area contributed by atoms with E-state index in [1.165, 1.54) is 6.20 Å². The van der Waals surface area contributed by atoms with E-state index in [9.17, 15) is 4.79 Å². The Morgan fingerprint density at radius 3 is 2.85 bits per heavy atom. The predicted molar refractivity (Wildman–Crippen MR) is 73.9 cm³/mol. The van der Waals surface area contributed by atoms with Crippen LogP contribution >= 0.6 is 11.6 Å². The van der Waals surface area contributed by atoms with Crippen molar-refractivity contribution in [2.75, 3.05) is 13.2 Å². The number of ether oxygens (including phenoxy) is 2. The van der Waals surface area contributed by atoms with Crippen molar-refractivity contribution in [2.45, 2.75) is 38.8 Å². The maximum atomic E-state index is 11.9. The van der Waals surface area contributed by atoms with Crippen LogP contribution in [0.15, 0.2) is 12.3 Å². The highest BCUT2D eigenvalue weighted by atomic mass is 35.5. The SMILES string of the molecule is CC(C)(C)OC(=O)N1CC[C@H]1COc1nnccc1Cl. The van der Waals surface area contributed by atoms with Crippen LogP contribution in [0.25, 0.3) is 0 Å². The zero-order valence-electron chi connectivity index (χ0n) is 11.8. The van der Waals surface area contributed by atoms with Crippen molar-refractivity contribution in [1.82, 2.24) is 15.1 Å². The molecule has 2 heterocycles. The Morgan fingerprint density at radius 1 is 1.55 bits per heavy atom. The van der Waals surface area contributed by atoms with Crippen molar-refractivity contribution < 1.29 is 14.3 Å². The molecule has 2 rings (SSSR count). The van der Waals surface area contributed by atoms with Gasteiger partial charge in [0.1, 0.15) is 17.2 Å². The van der Waals surface area contributed by atoms with E-state index >= 15 is 0 Å². The lowest BCUT2D eigenvalue weighted by atomic mass is 10.1. The van der Waals surface area contributed by atoms with Crippen molar-refractivity contribution in [1.29, 1.82) is 0 Å². The lowest BCUT2D eigenvalue weighted by Crippen LogP contribution is -2.55. The van der Waals surface area contributed by atoms with Gasteiger partial charge in [-0.2, -0.15) is 5.10 Å². The largest absolute Gasteiger partial charge is 0.473 e. The number of amides is 1. The van der Waals surface area contributed by atoms with Gasteiger partial charge in [0.2, 0.25) is 0 Å². The molecule has 0 aromatic carbocycles. The first-order valence-electron chi connectivity index (χ1n) is 6.46. The maximum Gasteiger partial charge on any atom is 0.410 e. The molecule has 0 bridgehead atoms. The van der Waals surface area contributed by atoms with Gasteiger partial charge in [-0.15, -0.1) is 5.10 Å². The molecule has 1 aliphatic heterocycles. The smallest absolute Gasteiger partial charge is 0.410 e. The third kappa shape index (κ3) is 3.72. The van der Waals surface area contributed by atoms with Gasteiger partial charge in [0.15, 0.2) is 0 Å². The van der Waals surface area contributed by atoms with E-state index in [4.69, 9.17) is 21.1 Å². The second kappa shape index (κ2) is 5.83. The highest BCUT2D eigenvalue weighted by molar-refractivity contribution is 6.31. The maximum absolute atomic E-state index is 11.9. The molecule has 1 aliphatic rings. The molecular formula is C13H18ClN3O3. The van der Waals surface area contributed by atoms with Crippen molar-refractivity contribution in [2.24, 2.45) is 0 Å². The molecule has 1 amide bonds. The van der Waals surface area contributed by atoms with E-state index in [2.05, 4.69) is 10.2 Å². The fourth-order valence-electron chi connectivity index (χ4n) is 1.75. The summed E-state index contributed by atoms with van der Waals surface area (Å²) < 4.78 is 10.8. The minimum atomic E-state index is -0.494. The van der Waals surface area contributed by atoms with Crippen LogP contribution in [0.5, 0.6) is 5.88 Å². The van der Waals surface area contributed by atoms with Gasteiger partial charge in [0, 0.05) is 6.54 Å². The Hall–Kier alpha value is -1.56. The Labute approximate surface area is 123 Å². The summed E-state index contributed by atoms with van der Waals surface area (Å²) in [6.07, 6.45) is 2.05. The zero-order chi connectivity index (χ0) is 14.8. The fourth-order valence-corrected chi connectivity index (χ4v) is 1.90. The standard InChI is InChI=1S/C13H18ClN3O3/c1-13(2,3)20-12(18)17-7-5-9(17)8-19-11-10(14)4-6-15-16-11/h4,6,9H,5,7-8H2,1-3H3/t9-/m0/s1. The Balaban J connectivity index is 1.86. The number of carbonyl (C=O) groups excluding carboxylic acids is 1. The van der Waals surface area contributed by atoms with Crippen LogP contribution in [-0.4, -0.2) is 46.0 Å². The molecule has 0 aliphatic carbocycles. The monoisotopic (exact) mass is 299 g/mol. The van der Waals surface area contributed by atoms with Crippen molar-refractivity contribution >= 4 is 17.7 Å². The number of likely N-dealkylation sites (tertiary alicyclic amines) is 1. The fraction of sp³-hybridized carbons (Fsp3) is 0.615. The highest BCUT2D eigenvalue weighted by Crippen LogP contribution is 2.24. The molecule has 0 spiro atoms. The molecule has 1 aromatic rings. The van der Waals surface area contributed by atoms with E-state index < -0.39 is 5.60 Å². The van der Waals surface area contributed by atoms with Crippen molar-refractivity contribution in [3.05, 3.63) is 17.3 Å². The number of aromatic nitrogens is 2. The van der Waals surface area contributed by atoms with Crippen LogP contribution in [0.2, 0.25) is 5.02 Å². The molecule has 0 N–H and O–H groups in total. The third-order valence-electron chi connectivity index (χ3n) is 2.82. The molecule has 1 saturated heterocycles. The minimum absolute atomic E-state index is 0.0112. The number of halogens is 1. The average Bonchev–Trinajstić information content (AvgIpc) is 2.27. The molecule has 0 unspecified atom stereocenters. The summed E-state index contributed by atoms with van der Waals surface area (Å²) in [7, 11) is 0. The van der Waals surface area contributed by atoms with Gasteiger partial charge in [-0.05, 0) is 33.3 Å². The summed E-state index contributed by atoms with van der Waals surface area (Å²) >= 11 is 5.92. The highest BCUT2D eigenvalue weighted by Gasteiger charge is 2.35. The quantitative estimate of drug-likeness (QED) is 0.858. The molecule has 110 valence electrons. The van der Waals surface area contributed by atoms with Gasteiger partial charge in [0.25, 0.3) is 5.88 Å². The molecule has 0 saturated carbocycles. The van der Waals surface area contributed by atoms with Gasteiger partial charge >= 0.3 is 6.09 Å². The van der Waals surface area contributed by atoms with Crippen LogP contribution in [0, 0.1) is 0 Å². The molecule has 1 aromatic heterocycles. The van der Waals surface area contributed by atoms with Crippen LogP contribution in [0.3, 0.4) is 0 Å². The summed E-state index contributed by atoms with van der Waals surface area (Å²) in [4.78, 5) is 13.6. The summed E-state index contributed by atoms with van der Waals surface area (Å²) in [5.74, 6) is 0.283. The molecular weight excluding hydrogens is 282 g/mol. The summed E-state index contributed by atoms with van der Waals surface area (Å²) in [5, 5.41) is 7.91. The zero-order valence-corrected chi connectivity index (χ0v) is 12.6. The summed E-state index contributed by atoms with van der Waals surface area (Å²) in [6, 6.07) is 1.60. The lowest BCUT2D eigenvalue weighted by molar-refractivity contribution is -0.0145. The van der Waals surface area contributed by atoms with E-state index in [1.807, 2.05) is 20.8 Å². The normalized spacial score (nSPS) is 18.4. The van der Waals surface area contributed by atoms with Crippen LogP contribution in [-0.2, 0) is 4.74 Å². The van der Waals surface area contributed by atoms with Crippen molar-refractivity contribution in [3.8, 4) is 5.88 Å². The van der Waals surface area contributed by atoms with Gasteiger partial charge in [-0.25, -0.2) is 4.79 Å². The Bertz CT molecular complexity index is 490. The lowest BCUT2D eigenvalue weighted by Gasteiger charge is -2.40. The summed E-state index contributed by atoms with van der Waals surface area (Å²) in [5.41, 5.74) is -0.494. The Kier molecular flexibility index (Phi) is 4.32. The number of nitrogens with zero attached hydrogens (tertiary/aromatic N) is 3. The van der Waals surface area contributed by atoms with Crippen LogP contribution in [0.1, 0.15) is 27.2 Å². The first-order valence-corrected chi connectivity index (χ1v) is 6.84. The Morgan fingerprint density at radius 2 is 2.30 bits per heavy atom. The second-order valence-corrected chi connectivity index (χ2v) is 6.02.